The first kappa shape index (κ1) is 11.5. The van der Waals surface area contributed by atoms with E-state index in [0.717, 1.165) is 11.7 Å². The van der Waals surface area contributed by atoms with Crippen LogP contribution in [-0.2, 0) is 5.41 Å². The summed E-state index contributed by atoms with van der Waals surface area (Å²) in [6.07, 6.45) is 8.54. The minimum atomic E-state index is 0.131. The highest BCUT2D eigenvalue weighted by molar-refractivity contribution is 5.32. The molecule has 0 aliphatic heterocycles. The van der Waals surface area contributed by atoms with Crippen molar-refractivity contribution in [3.63, 3.8) is 0 Å². The van der Waals surface area contributed by atoms with Gasteiger partial charge >= 0.3 is 0 Å². The van der Waals surface area contributed by atoms with Crippen molar-refractivity contribution in [1.29, 1.82) is 0 Å². The second kappa shape index (κ2) is 3.94. The molecule has 0 spiro atoms. The third-order valence-electron chi connectivity index (χ3n) is 3.50. The maximum Gasteiger partial charge on any atom is 0.153 e. The van der Waals surface area contributed by atoms with Gasteiger partial charge in [-0.1, -0.05) is 20.8 Å². The molecule has 2 heterocycles. The highest BCUT2D eigenvalue weighted by atomic mass is 15.3. The zero-order valence-corrected chi connectivity index (χ0v) is 11.2. The fraction of sp³-hybridized carbons (Fsp3) is 0.467. The number of pyridine rings is 1. The number of hydrogen-bond donors (Lipinski definition) is 0. The van der Waals surface area contributed by atoms with E-state index >= 15 is 0 Å². The molecular weight excluding hydrogens is 222 g/mol. The number of nitrogens with zero attached hydrogens (tertiary/aromatic N) is 3. The highest BCUT2D eigenvalue weighted by Crippen LogP contribution is 2.40. The van der Waals surface area contributed by atoms with Crippen LogP contribution < -0.4 is 0 Å². The van der Waals surface area contributed by atoms with Gasteiger partial charge in [-0.25, -0.2) is 9.67 Å². The molecule has 0 radical (unpaired) electrons. The van der Waals surface area contributed by atoms with E-state index in [1.165, 1.54) is 24.0 Å². The molecule has 0 bridgehead atoms. The van der Waals surface area contributed by atoms with E-state index in [0.29, 0.717) is 0 Å². The first-order valence-electron chi connectivity index (χ1n) is 6.55. The van der Waals surface area contributed by atoms with Crippen LogP contribution in [0.15, 0.2) is 30.7 Å². The van der Waals surface area contributed by atoms with Gasteiger partial charge in [-0.2, -0.15) is 5.10 Å². The molecule has 2 aromatic rings. The molecule has 3 nitrogen and oxygen atoms in total. The minimum Gasteiger partial charge on any atom is -0.237 e. The van der Waals surface area contributed by atoms with Gasteiger partial charge in [0.25, 0.3) is 0 Å². The van der Waals surface area contributed by atoms with E-state index in [2.05, 4.69) is 49.2 Å². The van der Waals surface area contributed by atoms with Crippen LogP contribution in [0.3, 0.4) is 0 Å². The Morgan fingerprint density at radius 3 is 2.67 bits per heavy atom. The number of hydrogen-bond acceptors (Lipinski definition) is 2. The fourth-order valence-corrected chi connectivity index (χ4v) is 2.07. The average molecular weight is 241 g/mol. The lowest BCUT2D eigenvalue weighted by Crippen LogP contribution is -2.09. The van der Waals surface area contributed by atoms with Crippen molar-refractivity contribution in [1.82, 2.24) is 14.8 Å². The summed E-state index contributed by atoms with van der Waals surface area (Å²) in [7, 11) is 0. The normalized spacial score (nSPS) is 15.9. The summed E-state index contributed by atoms with van der Waals surface area (Å²) in [6.45, 7) is 6.59. The van der Waals surface area contributed by atoms with Crippen molar-refractivity contribution in [3.8, 4) is 5.82 Å². The summed E-state index contributed by atoms with van der Waals surface area (Å²) < 4.78 is 1.88. The molecule has 3 rings (SSSR count). The summed E-state index contributed by atoms with van der Waals surface area (Å²) in [5.41, 5.74) is 2.76. The van der Waals surface area contributed by atoms with E-state index in [9.17, 15) is 0 Å². The van der Waals surface area contributed by atoms with E-state index in [1.807, 2.05) is 17.1 Å². The van der Waals surface area contributed by atoms with Crippen LogP contribution in [0, 0.1) is 0 Å². The van der Waals surface area contributed by atoms with Gasteiger partial charge in [0.05, 0.1) is 6.20 Å². The largest absolute Gasteiger partial charge is 0.237 e. The SMILES string of the molecule is CC(C)(C)c1cnn(-c2cc(C3CC3)ccn2)c1. The van der Waals surface area contributed by atoms with Gasteiger partial charge in [0.2, 0.25) is 0 Å². The Balaban J connectivity index is 1.94. The monoisotopic (exact) mass is 241 g/mol. The van der Waals surface area contributed by atoms with E-state index in [1.54, 1.807) is 0 Å². The predicted molar refractivity (Wildman–Crippen MR) is 72.0 cm³/mol. The third kappa shape index (κ3) is 2.17. The van der Waals surface area contributed by atoms with Crippen LogP contribution in [0.4, 0.5) is 0 Å². The van der Waals surface area contributed by atoms with Crippen molar-refractivity contribution < 1.29 is 0 Å². The van der Waals surface area contributed by atoms with Crippen LogP contribution in [0.5, 0.6) is 0 Å². The van der Waals surface area contributed by atoms with Crippen molar-refractivity contribution >= 4 is 0 Å². The minimum absolute atomic E-state index is 0.131. The van der Waals surface area contributed by atoms with Gasteiger partial charge in [-0.15, -0.1) is 0 Å². The Labute approximate surface area is 108 Å². The summed E-state index contributed by atoms with van der Waals surface area (Å²) >= 11 is 0. The molecule has 0 unspecified atom stereocenters. The first-order chi connectivity index (χ1) is 8.54. The molecule has 1 saturated carbocycles. The Bertz CT molecular complexity index is 559. The van der Waals surface area contributed by atoms with E-state index < -0.39 is 0 Å². The Morgan fingerprint density at radius 1 is 1.28 bits per heavy atom. The zero-order chi connectivity index (χ0) is 12.8. The molecule has 1 aliphatic rings. The third-order valence-corrected chi connectivity index (χ3v) is 3.50. The number of aromatic nitrogens is 3. The molecule has 1 aliphatic carbocycles. The van der Waals surface area contributed by atoms with Crippen LogP contribution in [0.25, 0.3) is 5.82 Å². The quantitative estimate of drug-likeness (QED) is 0.806. The molecule has 2 aromatic heterocycles. The molecule has 94 valence electrons. The molecule has 0 N–H and O–H groups in total. The lowest BCUT2D eigenvalue weighted by molar-refractivity contribution is 0.590. The summed E-state index contributed by atoms with van der Waals surface area (Å²) in [5, 5.41) is 4.43. The van der Waals surface area contributed by atoms with E-state index in [4.69, 9.17) is 0 Å². The average Bonchev–Trinajstić information content (AvgIpc) is 3.04. The fourth-order valence-electron chi connectivity index (χ4n) is 2.07. The molecule has 0 amide bonds. The summed E-state index contributed by atoms with van der Waals surface area (Å²) in [6, 6.07) is 4.28. The molecule has 0 saturated heterocycles. The van der Waals surface area contributed by atoms with Crippen LogP contribution >= 0.6 is 0 Å². The van der Waals surface area contributed by atoms with Crippen molar-refractivity contribution in [3.05, 3.63) is 41.9 Å². The van der Waals surface area contributed by atoms with Crippen LogP contribution in [0.2, 0.25) is 0 Å². The molecule has 18 heavy (non-hydrogen) atoms. The smallest absolute Gasteiger partial charge is 0.153 e. The summed E-state index contributed by atoms with van der Waals surface area (Å²) in [5.74, 6) is 1.68. The maximum atomic E-state index is 4.43. The van der Waals surface area contributed by atoms with Crippen molar-refractivity contribution in [2.45, 2.75) is 44.9 Å². The molecular formula is C15H19N3. The Morgan fingerprint density at radius 2 is 2.06 bits per heavy atom. The van der Waals surface area contributed by atoms with Gasteiger partial charge in [-0.05, 0) is 47.4 Å². The molecule has 1 fully saturated rings. The van der Waals surface area contributed by atoms with Gasteiger partial charge < -0.3 is 0 Å². The second-order valence-electron chi connectivity index (χ2n) is 6.15. The highest BCUT2D eigenvalue weighted by Gasteiger charge is 2.24. The summed E-state index contributed by atoms with van der Waals surface area (Å²) in [4.78, 5) is 4.42. The van der Waals surface area contributed by atoms with Crippen LogP contribution in [-0.4, -0.2) is 14.8 Å². The van der Waals surface area contributed by atoms with Gasteiger partial charge in [-0.3, -0.25) is 0 Å². The first-order valence-corrected chi connectivity index (χ1v) is 6.55. The molecule has 0 aromatic carbocycles. The molecule has 0 atom stereocenters. The predicted octanol–water partition coefficient (Wildman–Crippen LogP) is 3.44. The van der Waals surface area contributed by atoms with E-state index in [-0.39, 0.29) is 5.41 Å². The lowest BCUT2D eigenvalue weighted by Gasteiger charge is -2.14. The Hall–Kier alpha value is -1.64. The molecule has 3 heteroatoms. The lowest BCUT2D eigenvalue weighted by atomic mass is 9.90. The topological polar surface area (TPSA) is 30.7 Å². The zero-order valence-electron chi connectivity index (χ0n) is 11.2. The van der Waals surface area contributed by atoms with Gasteiger partial charge in [0, 0.05) is 12.4 Å². The van der Waals surface area contributed by atoms with Gasteiger partial charge in [0.15, 0.2) is 5.82 Å². The van der Waals surface area contributed by atoms with Crippen molar-refractivity contribution in [2.75, 3.05) is 0 Å². The van der Waals surface area contributed by atoms with Crippen LogP contribution in [0.1, 0.15) is 50.7 Å². The maximum absolute atomic E-state index is 4.43. The standard InChI is InChI=1S/C15H19N3/c1-15(2,3)13-9-17-18(10-13)14-8-12(6-7-16-14)11-4-5-11/h6-11H,4-5H2,1-3H3. The second-order valence-corrected chi connectivity index (χ2v) is 6.15. The number of rotatable bonds is 2. The van der Waals surface area contributed by atoms with Gasteiger partial charge in [0.1, 0.15) is 0 Å². The Kier molecular flexibility index (Phi) is 2.51. The van der Waals surface area contributed by atoms with Crippen molar-refractivity contribution in [2.24, 2.45) is 0 Å².